The van der Waals surface area contributed by atoms with Crippen LogP contribution in [0.2, 0.25) is 0 Å². The van der Waals surface area contributed by atoms with Crippen molar-refractivity contribution >= 4 is 29.9 Å². The minimum absolute atomic E-state index is 0. The summed E-state index contributed by atoms with van der Waals surface area (Å²) in [6.45, 7) is 6.95. The molecule has 2 N–H and O–H groups in total. The Kier molecular flexibility index (Phi) is 6.47. The van der Waals surface area contributed by atoms with Gasteiger partial charge in [-0.25, -0.2) is 0 Å². The average molecular weight is 366 g/mol. The molecule has 1 aromatic rings. The SMILES string of the molecule is CC(C)c1ccc(N2CCC(C(=O)N3CCC(CN)C3)C2=O)cc1.Cl. The van der Waals surface area contributed by atoms with Gasteiger partial charge in [-0.3, -0.25) is 9.59 Å². The van der Waals surface area contributed by atoms with Crippen molar-refractivity contribution in [3.8, 4) is 0 Å². The van der Waals surface area contributed by atoms with Crippen molar-refractivity contribution in [2.24, 2.45) is 17.6 Å². The Hall–Kier alpha value is -1.59. The van der Waals surface area contributed by atoms with Crippen LogP contribution in [0.1, 0.15) is 38.2 Å². The number of nitrogens with two attached hydrogens (primary N) is 1. The largest absolute Gasteiger partial charge is 0.342 e. The van der Waals surface area contributed by atoms with E-state index in [1.807, 2.05) is 17.0 Å². The monoisotopic (exact) mass is 365 g/mol. The molecular weight excluding hydrogens is 338 g/mol. The molecule has 2 unspecified atom stereocenters. The van der Waals surface area contributed by atoms with Crippen LogP contribution in [-0.2, 0) is 9.59 Å². The fourth-order valence-electron chi connectivity index (χ4n) is 3.65. The van der Waals surface area contributed by atoms with Crippen molar-refractivity contribution in [1.29, 1.82) is 0 Å². The highest BCUT2D eigenvalue weighted by molar-refractivity contribution is 6.09. The second-order valence-electron chi connectivity index (χ2n) is 7.25. The third-order valence-electron chi connectivity index (χ3n) is 5.31. The number of amides is 2. The molecular formula is C19H28ClN3O2. The number of hydrogen-bond acceptors (Lipinski definition) is 3. The van der Waals surface area contributed by atoms with Gasteiger partial charge in [0, 0.05) is 25.3 Å². The van der Waals surface area contributed by atoms with Crippen molar-refractivity contribution in [3.63, 3.8) is 0 Å². The maximum Gasteiger partial charge on any atom is 0.239 e. The maximum atomic E-state index is 12.7. The first-order valence-electron chi connectivity index (χ1n) is 8.91. The summed E-state index contributed by atoms with van der Waals surface area (Å²) in [6, 6.07) is 8.10. The summed E-state index contributed by atoms with van der Waals surface area (Å²) in [5, 5.41) is 0. The van der Waals surface area contributed by atoms with Gasteiger partial charge in [0.25, 0.3) is 0 Å². The minimum Gasteiger partial charge on any atom is -0.342 e. The molecule has 0 aliphatic carbocycles. The molecule has 2 saturated heterocycles. The summed E-state index contributed by atoms with van der Waals surface area (Å²) in [6.07, 6.45) is 1.55. The van der Waals surface area contributed by atoms with Gasteiger partial charge in [-0.05, 0) is 48.9 Å². The Morgan fingerprint density at radius 1 is 1.20 bits per heavy atom. The first kappa shape index (κ1) is 19.7. The van der Waals surface area contributed by atoms with E-state index in [1.165, 1.54) is 5.56 Å². The Labute approximate surface area is 155 Å². The molecule has 0 aromatic heterocycles. The number of halogens is 1. The first-order valence-corrected chi connectivity index (χ1v) is 8.91. The van der Waals surface area contributed by atoms with Gasteiger partial charge < -0.3 is 15.5 Å². The zero-order chi connectivity index (χ0) is 17.3. The molecule has 6 heteroatoms. The molecule has 1 aromatic carbocycles. The fraction of sp³-hybridized carbons (Fsp3) is 0.579. The Bertz CT molecular complexity index is 618. The molecule has 138 valence electrons. The average Bonchev–Trinajstić information content (AvgIpc) is 3.21. The summed E-state index contributed by atoms with van der Waals surface area (Å²) >= 11 is 0. The zero-order valence-corrected chi connectivity index (χ0v) is 15.8. The lowest BCUT2D eigenvalue weighted by Gasteiger charge is -2.21. The van der Waals surface area contributed by atoms with Crippen LogP contribution < -0.4 is 10.6 Å². The molecule has 2 atom stereocenters. The molecule has 3 rings (SSSR count). The standard InChI is InChI=1S/C19H27N3O2.ClH/c1-13(2)15-3-5-16(6-4-15)22-10-8-17(19(22)24)18(23)21-9-7-14(11-20)12-21;/h3-6,13-14,17H,7-12,20H2,1-2H3;1H. The molecule has 2 amide bonds. The molecule has 0 bridgehead atoms. The Balaban J connectivity index is 0.00000225. The van der Waals surface area contributed by atoms with E-state index in [1.54, 1.807) is 4.90 Å². The second-order valence-corrected chi connectivity index (χ2v) is 7.25. The fourth-order valence-corrected chi connectivity index (χ4v) is 3.65. The van der Waals surface area contributed by atoms with Crippen LogP contribution >= 0.6 is 12.4 Å². The molecule has 2 aliphatic rings. The van der Waals surface area contributed by atoms with Crippen LogP contribution in [0, 0.1) is 11.8 Å². The third kappa shape index (κ3) is 3.98. The van der Waals surface area contributed by atoms with E-state index in [9.17, 15) is 9.59 Å². The Morgan fingerprint density at radius 3 is 2.44 bits per heavy atom. The summed E-state index contributed by atoms with van der Waals surface area (Å²) in [4.78, 5) is 29.0. The van der Waals surface area contributed by atoms with Crippen LogP contribution in [0.25, 0.3) is 0 Å². The van der Waals surface area contributed by atoms with E-state index in [0.717, 1.165) is 18.7 Å². The molecule has 2 fully saturated rings. The van der Waals surface area contributed by atoms with Crippen LogP contribution in [0.4, 0.5) is 5.69 Å². The minimum atomic E-state index is -0.522. The highest BCUT2D eigenvalue weighted by atomic mass is 35.5. The van der Waals surface area contributed by atoms with E-state index in [-0.39, 0.29) is 24.2 Å². The summed E-state index contributed by atoms with van der Waals surface area (Å²) in [5.74, 6) is 0.246. The number of likely N-dealkylation sites (tertiary alicyclic amines) is 1. The Morgan fingerprint density at radius 2 is 1.88 bits per heavy atom. The van der Waals surface area contributed by atoms with Gasteiger partial charge in [0.05, 0.1) is 0 Å². The van der Waals surface area contributed by atoms with Gasteiger partial charge in [0.1, 0.15) is 5.92 Å². The molecule has 0 spiro atoms. The molecule has 2 heterocycles. The molecule has 2 aliphatic heterocycles. The van der Waals surface area contributed by atoms with E-state index >= 15 is 0 Å². The van der Waals surface area contributed by atoms with Crippen LogP contribution in [0.5, 0.6) is 0 Å². The lowest BCUT2D eigenvalue weighted by atomic mass is 10.0. The highest BCUT2D eigenvalue weighted by Crippen LogP contribution is 2.29. The summed E-state index contributed by atoms with van der Waals surface area (Å²) in [7, 11) is 0. The van der Waals surface area contributed by atoms with Crippen LogP contribution in [-0.4, -0.2) is 42.9 Å². The van der Waals surface area contributed by atoms with E-state index in [4.69, 9.17) is 5.73 Å². The van der Waals surface area contributed by atoms with Crippen LogP contribution in [0.3, 0.4) is 0 Å². The lowest BCUT2D eigenvalue weighted by Crippen LogP contribution is -2.39. The van der Waals surface area contributed by atoms with Crippen molar-refractivity contribution in [2.45, 2.75) is 32.6 Å². The van der Waals surface area contributed by atoms with E-state index in [0.29, 0.717) is 37.9 Å². The summed E-state index contributed by atoms with van der Waals surface area (Å²) < 4.78 is 0. The third-order valence-corrected chi connectivity index (χ3v) is 5.31. The van der Waals surface area contributed by atoms with Gasteiger partial charge in [-0.15, -0.1) is 12.4 Å². The number of hydrogen-bond donors (Lipinski definition) is 1. The lowest BCUT2D eigenvalue weighted by molar-refractivity contribution is -0.139. The predicted octanol–water partition coefficient (Wildman–Crippen LogP) is 2.39. The number of nitrogens with zero attached hydrogens (tertiary/aromatic N) is 2. The van der Waals surface area contributed by atoms with Gasteiger partial charge >= 0.3 is 0 Å². The van der Waals surface area contributed by atoms with Gasteiger partial charge in [-0.1, -0.05) is 26.0 Å². The molecule has 5 nitrogen and oxygen atoms in total. The predicted molar refractivity (Wildman–Crippen MR) is 102 cm³/mol. The van der Waals surface area contributed by atoms with Crippen molar-refractivity contribution < 1.29 is 9.59 Å². The number of anilines is 1. The smallest absolute Gasteiger partial charge is 0.239 e. The van der Waals surface area contributed by atoms with Crippen LogP contribution in [0.15, 0.2) is 24.3 Å². The van der Waals surface area contributed by atoms with Crippen molar-refractivity contribution in [3.05, 3.63) is 29.8 Å². The number of carbonyl (C=O) groups excluding carboxylic acids is 2. The number of carbonyl (C=O) groups is 2. The summed E-state index contributed by atoms with van der Waals surface area (Å²) in [5.41, 5.74) is 7.84. The number of rotatable bonds is 4. The molecule has 0 saturated carbocycles. The first-order chi connectivity index (χ1) is 11.5. The topological polar surface area (TPSA) is 66.6 Å². The van der Waals surface area contributed by atoms with Crippen molar-refractivity contribution in [2.75, 3.05) is 31.1 Å². The van der Waals surface area contributed by atoms with E-state index in [2.05, 4.69) is 26.0 Å². The maximum absolute atomic E-state index is 12.7. The molecule has 25 heavy (non-hydrogen) atoms. The van der Waals surface area contributed by atoms with Gasteiger partial charge in [-0.2, -0.15) is 0 Å². The second kappa shape index (κ2) is 8.19. The zero-order valence-electron chi connectivity index (χ0n) is 15.0. The van der Waals surface area contributed by atoms with Crippen molar-refractivity contribution in [1.82, 2.24) is 4.90 Å². The van der Waals surface area contributed by atoms with Gasteiger partial charge in [0.2, 0.25) is 11.8 Å². The number of benzene rings is 1. The normalized spacial score (nSPS) is 23.3. The quantitative estimate of drug-likeness (QED) is 0.833. The highest BCUT2D eigenvalue weighted by Gasteiger charge is 2.41. The molecule has 0 radical (unpaired) electrons. The van der Waals surface area contributed by atoms with Gasteiger partial charge in [0.15, 0.2) is 0 Å². The van der Waals surface area contributed by atoms with E-state index < -0.39 is 5.92 Å².